The molecule has 3 rings (SSSR count). The Morgan fingerprint density at radius 3 is 2.28 bits per heavy atom. The van der Waals surface area contributed by atoms with Crippen LogP contribution in [0.15, 0.2) is 60.7 Å². The molecule has 0 saturated heterocycles. The summed E-state index contributed by atoms with van der Waals surface area (Å²) in [6.07, 6.45) is 3.54. The molecule has 0 aliphatic carbocycles. The molecule has 1 heterocycles. The van der Waals surface area contributed by atoms with Gasteiger partial charge < -0.3 is 4.57 Å². The molecular formula is C23H25NO. The van der Waals surface area contributed by atoms with E-state index in [4.69, 9.17) is 0 Å². The molecule has 0 aliphatic heterocycles. The molecule has 25 heavy (non-hydrogen) atoms. The van der Waals surface area contributed by atoms with Crippen molar-refractivity contribution >= 4 is 5.78 Å². The van der Waals surface area contributed by atoms with Gasteiger partial charge in [0.25, 0.3) is 0 Å². The van der Waals surface area contributed by atoms with Gasteiger partial charge in [-0.25, -0.2) is 0 Å². The van der Waals surface area contributed by atoms with E-state index >= 15 is 0 Å². The van der Waals surface area contributed by atoms with Crippen molar-refractivity contribution < 1.29 is 4.79 Å². The molecule has 2 aromatic carbocycles. The summed E-state index contributed by atoms with van der Waals surface area (Å²) in [5.74, 6) is 0.105. The number of unbranched alkanes of at least 4 members (excludes halogenated alkanes) is 1. The number of aryl methyl sites for hydroxylation is 1. The molecule has 1 aromatic heterocycles. The molecule has 2 heteroatoms. The van der Waals surface area contributed by atoms with Gasteiger partial charge in [-0.05, 0) is 56.0 Å². The second kappa shape index (κ2) is 7.52. The quantitative estimate of drug-likeness (QED) is 0.508. The molecular weight excluding hydrogens is 306 g/mol. The standard InChI is InChI=1S/C23H25NO/c1-4-5-9-19-12-14-21(15-13-19)24-17(2)22(18(3)25)16-23(24)20-10-7-6-8-11-20/h6-8,10-16H,4-5,9H2,1-3H3. The van der Waals surface area contributed by atoms with E-state index in [0.29, 0.717) is 0 Å². The van der Waals surface area contributed by atoms with Gasteiger partial charge in [0.05, 0.1) is 5.69 Å². The highest BCUT2D eigenvalue weighted by atomic mass is 16.1. The Hall–Kier alpha value is -2.61. The average molecular weight is 331 g/mol. The minimum Gasteiger partial charge on any atom is -0.313 e. The maximum atomic E-state index is 12.1. The van der Waals surface area contributed by atoms with Crippen LogP contribution in [0.3, 0.4) is 0 Å². The average Bonchev–Trinajstić information content (AvgIpc) is 2.99. The fourth-order valence-electron chi connectivity index (χ4n) is 3.31. The molecule has 2 nitrogen and oxygen atoms in total. The van der Waals surface area contributed by atoms with E-state index in [-0.39, 0.29) is 5.78 Å². The lowest BCUT2D eigenvalue weighted by molar-refractivity contribution is 0.101. The van der Waals surface area contributed by atoms with Crippen molar-refractivity contribution in [2.45, 2.75) is 40.0 Å². The normalized spacial score (nSPS) is 10.8. The third kappa shape index (κ3) is 3.58. The van der Waals surface area contributed by atoms with Crippen molar-refractivity contribution in [3.8, 4) is 16.9 Å². The van der Waals surface area contributed by atoms with Crippen molar-refractivity contribution in [2.24, 2.45) is 0 Å². The number of carbonyl (C=O) groups excluding carboxylic acids is 1. The number of carbonyl (C=O) groups is 1. The Morgan fingerprint density at radius 2 is 1.68 bits per heavy atom. The Bertz CT molecular complexity index is 857. The van der Waals surface area contributed by atoms with Crippen molar-refractivity contribution in [3.63, 3.8) is 0 Å². The Labute approximate surface area is 150 Å². The topological polar surface area (TPSA) is 22.0 Å². The first-order valence-electron chi connectivity index (χ1n) is 9.00. The number of rotatable bonds is 6. The highest BCUT2D eigenvalue weighted by molar-refractivity contribution is 5.97. The van der Waals surface area contributed by atoms with Crippen LogP contribution < -0.4 is 0 Å². The molecule has 0 spiro atoms. The third-order valence-electron chi connectivity index (χ3n) is 4.71. The molecule has 0 amide bonds. The Morgan fingerprint density at radius 1 is 1.00 bits per heavy atom. The summed E-state index contributed by atoms with van der Waals surface area (Å²) in [4.78, 5) is 12.1. The monoisotopic (exact) mass is 331 g/mol. The molecule has 0 N–H and O–H groups in total. The van der Waals surface area contributed by atoms with Crippen molar-refractivity contribution in [2.75, 3.05) is 0 Å². The van der Waals surface area contributed by atoms with Crippen LogP contribution in [0.1, 0.15) is 48.3 Å². The summed E-state index contributed by atoms with van der Waals surface area (Å²) in [6.45, 7) is 5.87. The lowest BCUT2D eigenvalue weighted by Crippen LogP contribution is -2.01. The Kier molecular flexibility index (Phi) is 5.18. The first-order valence-corrected chi connectivity index (χ1v) is 9.00. The lowest BCUT2D eigenvalue weighted by Gasteiger charge is -2.13. The zero-order valence-corrected chi connectivity index (χ0v) is 15.3. The van der Waals surface area contributed by atoms with Gasteiger partial charge in [-0.15, -0.1) is 0 Å². The van der Waals surface area contributed by atoms with E-state index in [0.717, 1.165) is 34.6 Å². The van der Waals surface area contributed by atoms with Gasteiger partial charge in [0, 0.05) is 16.9 Å². The van der Waals surface area contributed by atoms with Gasteiger partial charge in [-0.2, -0.15) is 0 Å². The van der Waals surface area contributed by atoms with Gasteiger partial charge in [0.15, 0.2) is 5.78 Å². The molecule has 0 unspecified atom stereocenters. The van der Waals surface area contributed by atoms with Crippen LogP contribution in [0.5, 0.6) is 0 Å². The van der Waals surface area contributed by atoms with Crippen LogP contribution in [0, 0.1) is 6.92 Å². The minimum absolute atomic E-state index is 0.105. The molecule has 0 saturated carbocycles. The zero-order valence-electron chi connectivity index (χ0n) is 15.3. The first kappa shape index (κ1) is 17.2. The maximum Gasteiger partial charge on any atom is 0.161 e. The van der Waals surface area contributed by atoms with Gasteiger partial charge in [-0.3, -0.25) is 4.79 Å². The minimum atomic E-state index is 0.105. The highest BCUT2D eigenvalue weighted by Crippen LogP contribution is 2.30. The van der Waals surface area contributed by atoms with Crippen molar-refractivity contribution in [3.05, 3.63) is 77.5 Å². The molecule has 3 aromatic rings. The second-order valence-corrected chi connectivity index (χ2v) is 6.56. The van der Waals surface area contributed by atoms with E-state index in [1.165, 1.54) is 18.4 Å². The maximum absolute atomic E-state index is 12.1. The fourth-order valence-corrected chi connectivity index (χ4v) is 3.31. The van der Waals surface area contributed by atoms with E-state index in [1.54, 1.807) is 6.92 Å². The lowest BCUT2D eigenvalue weighted by atomic mass is 10.1. The van der Waals surface area contributed by atoms with Crippen molar-refractivity contribution in [1.29, 1.82) is 0 Å². The number of nitrogens with zero attached hydrogens (tertiary/aromatic N) is 1. The van der Waals surface area contributed by atoms with Crippen molar-refractivity contribution in [1.82, 2.24) is 4.57 Å². The van der Waals surface area contributed by atoms with E-state index in [9.17, 15) is 4.79 Å². The predicted molar refractivity (Wildman–Crippen MR) is 105 cm³/mol. The summed E-state index contributed by atoms with van der Waals surface area (Å²) in [5.41, 5.74) is 6.42. The number of hydrogen-bond donors (Lipinski definition) is 0. The summed E-state index contributed by atoms with van der Waals surface area (Å²) >= 11 is 0. The smallest absolute Gasteiger partial charge is 0.161 e. The van der Waals surface area contributed by atoms with E-state index in [1.807, 2.05) is 31.2 Å². The second-order valence-electron chi connectivity index (χ2n) is 6.56. The molecule has 128 valence electrons. The Balaban J connectivity index is 2.09. The highest BCUT2D eigenvalue weighted by Gasteiger charge is 2.17. The molecule has 0 bridgehead atoms. The SMILES string of the molecule is CCCCc1ccc(-n2c(-c3ccccc3)cc(C(C)=O)c2C)cc1. The molecule has 0 atom stereocenters. The number of hydrogen-bond acceptors (Lipinski definition) is 1. The van der Waals surface area contributed by atoms with E-state index in [2.05, 4.69) is 47.9 Å². The largest absolute Gasteiger partial charge is 0.313 e. The van der Waals surface area contributed by atoms with E-state index < -0.39 is 0 Å². The van der Waals surface area contributed by atoms with Crippen LogP contribution in [0.4, 0.5) is 0 Å². The number of ketones is 1. The fraction of sp³-hybridized carbons (Fsp3) is 0.261. The third-order valence-corrected chi connectivity index (χ3v) is 4.71. The van der Waals surface area contributed by atoms with Crippen LogP contribution in [-0.2, 0) is 6.42 Å². The molecule has 0 radical (unpaired) electrons. The zero-order chi connectivity index (χ0) is 17.8. The predicted octanol–water partition coefficient (Wildman–Crippen LogP) is 6.00. The molecule has 0 aliphatic rings. The summed E-state index contributed by atoms with van der Waals surface area (Å²) < 4.78 is 2.19. The summed E-state index contributed by atoms with van der Waals surface area (Å²) in [5, 5.41) is 0. The first-order chi connectivity index (χ1) is 12.1. The summed E-state index contributed by atoms with van der Waals surface area (Å²) in [6, 6.07) is 21.0. The van der Waals surface area contributed by atoms with Gasteiger partial charge in [-0.1, -0.05) is 55.8 Å². The van der Waals surface area contributed by atoms with Gasteiger partial charge in [0.2, 0.25) is 0 Å². The van der Waals surface area contributed by atoms with Crippen LogP contribution in [-0.4, -0.2) is 10.4 Å². The molecule has 0 fully saturated rings. The van der Waals surface area contributed by atoms with Gasteiger partial charge >= 0.3 is 0 Å². The van der Waals surface area contributed by atoms with Gasteiger partial charge in [0.1, 0.15) is 0 Å². The number of benzene rings is 2. The number of Topliss-reactive ketones (excluding diaryl/α,β-unsaturated/α-hetero) is 1. The summed E-state index contributed by atoms with van der Waals surface area (Å²) in [7, 11) is 0. The number of aromatic nitrogens is 1. The van der Waals surface area contributed by atoms with Crippen LogP contribution in [0.2, 0.25) is 0 Å². The van der Waals surface area contributed by atoms with Crippen LogP contribution in [0.25, 0.3) is 16.9 Å². The van der Waals surface area contributed by atoms with Crippen LogP contribution >= 0.6 is 0 Å².